The van der Waals surface area contributed by atoms with Crippen molar-refractivity contribution in [2.75, 3.05) is 5.75 Å². The average molecular weight is 287 g/mol. The summed E-state index contributed by atoms with van der Waals surface area (Å²) >= 11 is 0. The zero-order valence-electron chi connectivity index (χ0n) is 10.3. The Bertz CT molecular complexity index is 630. The number of hydrogen-bond acceptors (Lipinski definition) is 6. The lowest BCUT2D eigenvalue weighted by Crippen LogP contribution is -2.32. The van der Waals surface area contributed by atoms with Crippen LogP contribution in [0.2, 0.25) is 0 Å². The number of ketones is 1. The van der Waals surface area contributed by atoms with Gasteiger partial charge in [-0.3, -0.25) is 9.52 Å². The summed E-state index contributed by atoms with van der Waals surface area (Å²) in [6.45, 7) is 2.81. The molecule has 7 nitrogen and oxygen atoms in total. The molecule has 2 heterocycles. The van der Waals surface area contributed by atoms with Crippen LogP contribution in [-0.4, -0.2) is 25.1 Å². The first-order valence-corrected chi connectivity index (χ1v) is 7.17. The smallest absolute Gasteiger partial charge is 0.253 e. The van der Waals surface area contributed by atoms with Crippen molar-refractivity contribution in [1.82, 2.24) is 4.72 Å². The third-order valence-electron chi connectivity index (χ3n) is 2.79. The molecule has 104 valence electrons. The largest absolute Gasteiger partial charge is 0.501 e. The zero-order chi connectivity index (χ0) is 14.3. The molecule has 0 aromatic carbocycles. The summed E-state index contributed by atoms with van der Waals surface area (Å²) < 4.78 is 35.2. The number of sulfonamides is 1. The Morgan fingerprint density at radius 3 is 2.68 bits per heavy atom. The van der Waals surface area contributed by atoms with E-state index in [4.69, 9.17) is 9.15 Å². The van der Waals surface area contributed by atoms with Crippen molar-refractivity contribution in [3.8, 4) is 0 Å². The van der Waals surface area contributed by atoms with Crippen molar-refractivity contribution in [3.63, 3.8) is 0 Å². The molecule has 1 aliphatic rings. The summed E-state index contributed by atoms with van der Waals surface area (Å²) in [5.41, 5.74) is -1.57. The number of aliphatic hydroxyl groups excluding tert-OH is 1. The van der Waals surface area contributed by atoms with E-state index >= 15 is 0 Å². The molecule has 1 aromatic heterocycles. The number of hydrogen-bond donors (Lipinski definition) is 2. The van der Waals surface area contributed by atoms with Crippen molar-refractivity contribution in [2.24, 2.45) is 0 Å². The first-order chi connectivity index (χ1) is 8.80. The summed E-state index contributed by atoms with van der Waals surface area (Å²) in [6.07, 6.45) is 1.35. The van der Waals surface area contributed by atoms with Gasteiger partial charge in [-0.15, -0.1) is 0 Å². The van der Waals surface area contributed by atoms with Gasteiger partial charge >= 0.3 is 0 Å². The van der Waals surface area contributed by atoms with Crippen LogP contribution in [0.4, 0.5) is 0 Å². The third kappa shape index (κ3) is 2.19. The number of nitrogens with one attached hydrogen (secondary N) is 1. The van der Waals surface area contributed by atoms with Crippen LogP contribution in [0.1, 0.15) is 19.6 Å². The van der Waals surface area contributed by atoms with Gasteiger partial charge in [-0.25, -0.2) is 8.42 Å². The predicted molar refractivity (Wildman–Crippen MR) is 64.4 cm³/mol. The van der Waals surface area contributed by atoms with Gasteiger partial charge in [-0.2, -0.15) is 0 Å². The minimum Gasteiger partial charge on any atom is -0.501 e. The lowest BCUT2D eigenvalue weighted by molar-refractivity contribution is -0.133. The molecule has 19 heavy (non-hydrogen) atoms. The van der Waals surface area contributed by atoms with Gasteiger partial charge in [0, 0.05) is 0 Å². The molecule has 8 heteroatoms. The second-order valence-corrected chi connectivity index (χ2v) is 6.14. The third-order valence-corrected chi connectivity index (χ3v) is 4.05. The maximum absolute atomic E-state index is 12.0. The van der Waals surface area contributed by atoms with Gasteiger partial charge in [0.25, 0.3) is 5.78 Å². The fourth-order valence-electron chi connectivity index (χ4n) is 1.62. The molecule has 2 N–H and O–H groups in total. The second kappa shape index (κ2) is 4.30. The van der Waals surface area contributed by atoms with E-state index in [1.54, 1.807) is 6.07 Å². The number of rotatable bonds is 4. The zero-order valence-corrected chi connectivity index (χ0v) is 11.2. The fourth-order valence-corrected chi connectivity index (χ4v) is 2.19. The van der Waals surface area contributed by atoms with Crippen LogP contribution in [-0.2, 0) is 25.2 Å². The number of ether oxygens (including phenoxy) is 1. The Kier molecular flexibility index (Phi) is 3.05. The lowest BCUT2D eigenvalue weighted by Gasteiger charge is -2.20. The highest BCUT2D eigenvalue weighted by molar-refractivity contribution is 7.89. The minimum atomic E-state index is -3.65. The van der Waals surface area contributed by atoms with Gasteiger partial charge in [0.1, 0.15) is 0 Å². The van der Waals surface area contributed by atoms with Crippen molar-refractivity contribution in [3.05, 3.63) is 35.8 Å². The molecule has 1 atom stereocenters. The number of furan rings is 1. The molecule has 1 unspecified atom stereocenters. The first-order valence-electron chi connectivity index (χ1n) is 5.51. The van der Waals surface area contributed by atoms with Gasteiger partial charge in [0.05, 0.1) is 12.0 Å². The number of aliphatic hydroxyl groups is 1. The molecule has 0 fully saturated rings. The van der Waals surface area contributed by atoms with Crippen LogP contribution in [0, 0.1) is 0 Å². The van der Waals surface area contributed by atoms with Crippen molar-refractivity contribution < 1.29 is 27.5 Å². The topological polar surface area (TPSA) is 106 Å². The Morgan fingerprint density at radius 1 is 1.47 bits per heavy atom. The Hall–Kier alpha value is -1.96. The molecular weight excluding hydrogens is 274 g/mol. The van der Waals surface area contributed by atoms with Gasteiger partial charge in [-0.05, 0) is 26.0 Å². The summed E-state index contributed by atoms with van der Waals surface area (Å²) in [7, 11) is -3.65. The summed E-state index contributed by atoms with van der Waals surface area (Å²) in [6, 6.07) is 3.06. The maximum atomic E-state index is 12.0. The van der Waals surface area contributed by atoms with Gasteiger partial charge in [0.15, 0.2) is 5.76 Å². The quantitative estimate of drug-likeness (QED) is 0.847. The molecular formula is C11H13NO6S. The average Bonchev–Trinajstić information content (AvgIpc) is 2.95. The molecule has 0 amide bonds. The molecule has 0 aliphatic carbocycles. The molecule has 0 bridgehead atoms. The molecule has 0 radical (unpaired) electrons. The summed E-state index contributed by atoms with van der Waals surface area (Å²) in [4.78, 5) is 12.0. The molecule has 2 rings (SSSR count). The lowest BCUT2D eigenvalue weighted by atomic mass is 9.98. The Balaban J connectivity index is 2.33. The maximum Gasteiger partial charge on any atom is 0.253 e. The molecule has 0 spiro atoms. The number of carbonyl (C=O) groups excluding carboxylic acids is 1. The van der Waals surface area contributed by atoms with Crippen molar-refractivity contribution >= 4 is 15.8 Å². The molecule has 0 saturated heterocycles. The van der Waals surface area contributed by atoms with E-state index in [-0.39, 0.29) is 11.5 Å². The van der Waals surface area contributed by atoms with E-state index in [1.165, 1.54) is 26.2 Å². The standard InChI is InChI=1S/C11H13NO6S/c1-3-19(15,16)12-10-8(13)9(14)11(2,18-10)7-5-4-6-17-7/h4-6,12-13H,3H2,1-2H3. The van der Waals surface area contributed by atoms with Crippen LogP contribution in [0.3, 0.4) is 0 Å². The molecule has 1 aromatic rings. The predicted octanol–water partition coefficient (Wildman–Crippen LogP) is 0.760. The van der Waals surface area contributed by atoms with Crippen LogP contribution in [0.25, 0.3) is 0 Å². The van der Waals surface area contributed by atoms with Gasteiger partial charge in [-0.1, -0.05) is 0 Å². The van der Waals surface area contributed by atoms with Crippen molar-refractivity contribution in [2.45, 2.75) is 19.4 Å². The van der Waals surface area contributed by atoms with Gasteiger partial charge in [0.2, 0.25) is 27.3 Å². The molecule has 0 saturated carbocycles. The minimum absolute atomic E-state index is 0.176. The number of carbonyl (C=O) groups is 1. The van der Waals surface area contributed by atoms with E-state index in [9.17, 15) is 18.3 Å². The monoisotopic (exact) mass is 287 g/mol. The van der Waals surface area contributed by atoms with E-state index in [2.05, 4.69) is 0 Å². The van der Waals surface area contributed by atoms with Crippen LogP contribution in [0.5, 0.6) is 0 Å². The van der Waals surface area contributed by atoms with Crippen molar-refractivity contribution in [1.29, 1.82) is 0 Å². The van der Waals surface area contributed by atoms with Crippen LogP contribution < -0.4 is 4.72 Å². The summed E-state index contributed by atoms with van der Waals surface area (Å²) in [5, 5.41) is 9.69. The SMILES string of the molecule is CCS(=O)(=O)NC1=C(O)C(=O)C(C)(c2ccco2)O1. The Morgan fingerprint density at radius 2 is 2.16 bits per heavy atom. The summed E-state index contributed by atoms with van der Waals surface area (Å²) in [5.74, 6) is -2.05. The highest BCUT2D eigenvalue weighted by Gasteiger charge is 2.50. The second-order valence-electron chi connectivity index (χ2n) is 4.12. The molecule has 1 aliphatic heterocycles. The van der Waals surface area contributed by atoms with Gasteiger partial charge < -0.3 is 14.3 Å². The van der Waals surface area contributed by atoms with E-state index in [0.717, 1.165) is 0 Å². The van der Waals surface area contributed by atoms with E-state index in [1.807, 2.05) is 4.72 Å². The van der Waals surface area contributed by atoms with Crippen LogP contribution in [0.15, 0.2) is 34.5 Å². The van der Waals surface area contributed by atoms with E-state index in [0.29, 0.717) is 0 Å². The van der Waals surface area contributed by atoms with Crippen LogP contribution >= 0.6 is 0 Å². The fraction of sp³-hybridized carbons (Fsp3) is 0.364. The number of Topliss-reactive ketones (excluding diaryl/α,β-unsaturated/α-hetero) is 1. The first kappa shape index (κ1) is 13.5. The normalized spacial score (nSPS) is 23.6. The van der Waals surface area contributed by atoms with E-state index < -0.39 is 33.0 Å². The highest BCUT2D eigenvalue weighted by Crippen LogP contribution is 2.37. The Labute approximate surface area is 109 Å². The highest BCUT2D eigenvalue weighted by atomic mass is 32.2.